The van der Waals surface area contributed by atoms with E-state index in [1.807, 2.05) is 0 Å². The molecular formula is C16H25BrN2. The number of nitrogens with two attached hydrogens (primary N) is 1. The smallest absolute Gasteiger partial charge is 0.0413 e. The molecule has 2 nitrogen and oxygen atoms in total. The molecule has 2 N–H and O–H groups in total. The maximum absolute atomic E-state index is 5.99. The summed E-state index contributed by atoms with van der Waals surface area (Å²) in [6.07, 6.45) is 3.57. The Balaban J connectivity index is 2.32. The van der Waals surface area contributed by atoms with Crippen LogP contribution in [0, 0.1) is 5.92 Å². The number of rotatable bonds is 3. The van der Waals surface area contributed by atoms with Crippen molar-refractivity contribution in [1.29, 1.82) is 0 Å². The quantitative estimate of drug-likeness (QED) is 0.911. The summed E-state index contributed by atoms with van der Waals surface area (Å²) in [4.78, 5) is 2.57. The fourth-order valence-electron chi connectivity index (χ4n) is 2.95. The van der Waals surface area contributed by atoms with Gasteiger partial charge in [-0.3, -0.25) is 0 Å². The fourth-order valence-corrected chi connectivity index (χ4v) is 3.30. The van der Waals surface area contributed by atoms with Gasteiger partial charge in [0.05, 0.1) is 0 Å². The van der Waals surface area contributed by atoms with Crippen LogP contribution in [-0.2, 0) is 6.42 Å². The molecule has 0 radical (unpaired) electrons. The average molecular weight is 325 g/mol. The Bertz CT molecular complexity index is 431. The zero-order chi connectivity index (χ0) is 14.0. The third kappa shape index (κ3) is 3.73. The minimum atomic E-state index is 0.206. The van der Waals surface area contributed by atoms with Gasteiger partial charge in [-0.15, -0.1) is 0 Å². The van der Waals surface area contributed by atoms with Crippen LogP contribution in [0.1, 0.15) is 39.2 Å². The van der Waals surface area contributed by atoms with Crippen LogP contribution in [-0.4, -0.2) is 18.6 Å². The fraction of sp³-hybridized carbons (Fsp3) is 0.625. The van der Waals surface area contributed by atoms with Gasteiger partial charge in [-0.1, -0.05) is 28.9 Å². The summed E-state index contributed by atoms with van der Waals surface area (Å²) >= 11 is 3.61. The van der Waals surface area contributed by atoms with Crippen LogP contribution in [0.3, 0.4) is 0 Å². The van der Waals surface area contributed by atoms with E-state index in [0.717, 1.165) is 23.4 Å². The first-order chi connectivity index (χ1) is 8.97. The first-order valence-electron chi connectivity index (χ1n) is 7.28. The highest BCUT2D eigenvalue weighted by atomic mass is 79.9. The largest absolute Gasteiger partial charge is 0.368 e. The SMILES string of the molecule is CC(N)Cc1ccc(Br)cc1N1CC(C)CCC1C. The normalized spacial score (nSPS) is 25.4. The third-order valence-corrected chi connectivity index (χ3v) is 4.51. The summed E-state index contributed by atoms with van der Waals surface area (Å²) in [5, 5.41) is 0. The van der Waals surface area contributed by atoms with Gasteiger partial charge in [0.25, 0.3) is 0 Å². The van der Waals surface area contributed by atoms with E-state index in [2.05, 4.69) is 59.8 Å². The summed E-state index contributed by atoms with van der Waals surface area (Å²) in [7, 11) is 0. The molecule has 1 fully saturated rings. The predicted octanol–water partition coefficient (Wildman–Crippen LogP) is 3.96. The molecule has 1 saturated heterocycles. The minimum Gasteiger partial charge on any atom is -0.368 e. The van der Waals surface area contributed by atoms with Crippen molar-refractivity contribution in [2.45, 2.75) is 52.1 Å². The molecule has 3 unspecified atom stereocenters. The Morgan fingerprint density at radius 3 is 2.79 bits per heavy atom. The van der Waals surface area contributed by atoms with Crippen molar-refractivity contribution >= 4 is 21.6 Å². The third-order valence-electron chi connectivity index (χ3n) is 4.02. The molecule has 3 atom stereocenters. The number of piperidine rings is 1. The highest BCUT2D eigenvalue weighted by Gasteiger charge is 2.25. The lowest BCUT2D eigenvalue weighted by molar-refractivity contribution is 0.389. The van der Waals surface area contributed by atoms with E-state index < -0.39 is 0 Å². The number of hydrogen-bond donors (Lipinski definition) is 1. The molecule has 0 spiro atoms. The van der Waals surface area contributed by atoms with Crippen LogP contribution in [0.2, 0.25) is 0 Å². The summed E-state index contributed by atoms with van der Waals surface area (Å²) in [6, 6.07) is 7.43. The highest BCUT2D eigenvalue weighted by molar-refractivity contribution is 9.10. The van der Waals surface area contributed by atoms with Gasteiger partial charge < -0.3 is 10.6 Å². The second kappa shape index (κ2) is 6.27. The number of nitrogens with zero attached hydrogens (tertiary/aromatic N) is 1. The standard InChI is InChI=1S/C16H25BrN2/c1-11-4-5-13(3)19(10-11)16-9-15(17)7-6-14(16)8-12(2)18/h6-7,9,11-13H,4-5,8,10,18H2,1-3H3. The Morgan fingerprint density at radius 2 is 2.11 bits per heavy atom. The molecule has 0 saturated carbocycles. The molecule has 1 aromatic carbocycles. The second-order valence-electron chi connectivity index (χ2n) is 6.14. The number of hydrogen-bond acceptors (Lipinski definition) is 2. The highest BCUT2D eigenvalue weighted by Crippen LogP contribution is 2.32. The summed E-state index contributed by atoms with van der Waals surface area (Å²) < 4.78 is 1.15. The van der Waals surface area contributed by atoms with Gasteiger partial charge in [0.15, 0.2) is 0 Å². The number of benzene rings is 1. The van der Waals surface area contributed by atoms with Gasteiger partial charge >= 0.3 is 0 Å². The average Bonchev–Trinajstić information content (AvgIpc) is 2.34. The van der Waals surface area contributed by atoms with E-state index in [4.69, 9.17) is 5.73 Å². The lowest BCUT2D eigenvalue weighted by atomic mass is 9.93. The molecule has 0 amide bonds. The summed E-state index contributed by atoms with van der Waals surface area (Å²) in [5.74, 6) is 0.776. The Kier molecular flexibility index (Phi) is 4.91. The molecule has 1 heterocycles. The van der Waals surface area contributed by atoms with Gasteiger partial charge in [-0.25, -0.2) is 0 Å². The molecule has 1 aliphatic rings. The van der Waals surface area contributed by atoms with Crippen molar-refractivity contribution in [3.63, 3.8) is 0 Å². The first-order valence-corrected chi connectivity index (χ1v) is 8.07. The molecule has 0 aliphatic carbocycles. The molecule has 2 rings (SSSR count). The van der Waals surface area contributed by atoms with Crippen molar-refractivity contribution in [1.82, 2.24) is 0 Å². The van der Waals surface area contributed by atoms with E-state index in [1.54, 1.807) is 0 Å². The van der Waals surface area contributed by atoms with Crippen molar-refractivity contribution in [2.75, 3.05) is 11.4 Å². The van der Waals surface area contributed by atoms with Crippen molar-refractivity contribution < 1.29 is 0 Å². The van der Waals surface area contributed by atoms with Crippen LogP contribution in [0.15, 0.2) is 22.7 Å². The van der Waals surface area contributed by atoms with Crippen molar-refractivity contribution in [3.05, 3.63) is 28.2 Å². The maximum atomic E-state index is 5.99. The Labute approximate surface area is 125 Å². The van der Waals surface area contributed by atoms with Crippen LogP contribution < -0.4 is 10.6 Å². The van der Waals surface area contributed by atoms with Crippen LogP contribution in [0.25, 0.3) is 0 Å². The van der Waals surface area contributed by atoms with E-state index in [1.165, 1.54) is 24.1 Å². The summed E-state index contributed by atoms with van der Waals surface area (Å²) in [5.41, 5.74) is 8.73. The van der Waals surface area contributed by atoms with Crippen LogP contribution in [0.4, 0.5) is 5.69 Å². The zero-order valence-electron chi connectivity index (χ0n) is 12.2. The topological polar surface area (TPSA) is 29.3 Å². The Hall–Kier alpha value is -0.540. The Morgan fingerprint density at radius 1 is 1.37 bits per heavy atom. The summed E-state index contributed by atoms with van der Waals surface area (Å²) in [6.45, 7) is 7.92. The minimum absolute atomic E-state index is 0.206. The monoisotopic (exact) mass is 324 g/mol. The van der Waals surface area contributed by atoms with Crippen molar-refractivity contribution in [2.24, 2.45) is 11.7 Å². The van der Waals surface area contributed by atoms with E-state index >= 15 is 0 Å². The predicted molar refractivity (Wildman–Crippen MR) is 86.7 cm³/mol. The van der Waals surface area contributed by atoms with Gasteiger partial charge in [0, 0.05) is 28.8 Å². The van der Waals surface area contributed by atoms with Gasteiger partial charge in [-0.05, 0) is 56.7 Å². The van der Waals surface area contributed by atoms with Crippen LogP contribution in [0.5, 0.6) is 0 Å². The number of anilines is 1. The molecule has 19 heavy (non-hydrogen) atoms. The van der Waals surface area contributed by atoms with E-state index in [-0.39, 0.29) is 6.04 Å². The van der Waals surface area contributed by atoms with Crippen molar-refractivity contribution in [3.8, 4) is 0 Å². The second-order valence-corrected chi connectivity index (χ2v) is 7.05. The van der Waals surface area contributed by atoms with Gasteiger partial charge in [0.2, 0.25) is 0 Å². The molecule has 0 aromatic heterocycles. The van der Waals surface area contributed by atoms with E-state index in [9.17, 15) is 0 Å². The zero-order valence-corrected chi connectivity index (χ0v) is 13.8. The molecule has 1 aliphatic heterocycles. The van der Waals surface area contributed by atoms with Gasteiger partial charge in [0.1, 0.15) is 0 Å². The molecule has 1 aromatic rings. The maximum Gasteiger partial charge on any atom is 0.0413 e. The molecule has 0 bridgehead atoms. The van der Waals surface area contributed by atoms with E-state index in [0.29, 0.717) is 6.04 Å². The van der Waals surface area contributed by atoms with Gasteiger partial charge in [-0.2, -0.15) is 0 Å². The molecule has 3 heteroatoms. The lowest BCUT2D eigenvalue weighted by Crippen LogP contribution is -2.41. The lowest BCUT2D eigenvalue weighted by Gasteiger charge is -2.40. The molecular weight excluding hydrogens is 300 g/mol. The first kappa shape index (κ1) is 14.9. The van der Waals surface area contributed by atoms with Crippen LogP contribution >= 0.6 is 15.9 Å². The number of halogens is 1. The molecule has 106 valence electrons.